The minimum absolute atomic E-state index is 0.220. The van der Waals surface area contributed by atoms with Crippen molar-refractivity contribution in [3.8, 4) is 0 Å². The third kappa shape index (κ3) is 2.72. The molecule has 3 heteroatoms. The molecular weight excluding hydrogens is 250 g/mol. The van der Waals surface area contributed by atoms with Crippen LogP contribution in [0.15, 0.2) is 36.4 Å². The van der Waals surface area contributed by atoms with Crippen LogP contribution in [-0.2, 0) is 25.7 Å². The Labute approximate surface area is 118 Å². The number of aryl methyl sites for hydroxylation is 5. The van der Waals surface area contributed by atoms with Gasteiger partial charge in [0.15, 0.2) is 0 Å². The quantitative estimate of drug-likeness (QED) is 0.583. The summed E-state index contributed by atoms with van der Waals surface area (Å²) in [5.41, 5.74) is 6.31. The van der Waals surface area contributed by atoms with Gasteiger partial charge in [-0.3, -0.25) is 10.1 Å². The van der Waals surface area contributed by atoms with E-state index in [1.165, 1.54) is 16.7 Å². The fourth-order valence-electron chi connectivity index (χ4n) is 2.95. The molecule has 0 fully saturated rings. The highest BCUT2D eigenvalue weighted by molar-refractivity contribution is 5.41. The van der Waals surface area contributed by atoms with Crippen LogP contribution < -0.4 is 0 Å². The number of hydrogen-bond acceptors (Lipinski definition) is 2. The van der Waals surface area contributed by atoms with Gasteiger partial charge in [-0.25, -0.2) is 0 Å². The van der Waals surface area contributed by atoms with Gasteiger partial charge in [-0.15, -0.1) is 0 Å². The lowest BCUT2D eigenvalue weighted by atomic mass is 9.93. The zero-order valence-corrected chi connectivity index (χ0v) is 11.6. The average Bonchev–Trinajstić information content (AvgIpc) is 2.41. The standard InChI is InChI=1S/C17H17NO2/c1-12-6-13-2-4-15-9-16(5-3-14(7-12)8-13)11-17(10-15)18(19)20/h6-11H,2-5H2,1H3. The van der Waals surface area contributed by atoms with Crippen molar-refractivity contribution in [2.75, 3.05) is 0 Å². The second-order valence-electron chi connectivity index (χ2n) is 5.59. The summed E-state index contributed by atoms with van der Waals surface area (Å²) in [7, 11) is 0. The molecule has 3 rings (SSSR count). The van der Waals surface area contributed by atoms with Gasteiger partial charge in [0.25, 0.3) is 5.69 Å². The highest BCUT2D eigenvalue weighted by Gasteiger charge is 2.12. The second-order valence-corrected chi connectivity index (χ2v) is 5.59. The average molecular weight is 267 g/mol. The van der Waals surface area contributed by atoms with Crippen molar-refractivity contribution in [1.82, 2.24) is 0 Å². The van der Waals surface area contributed by atoms with Crippen LogP contribution in [0.5, 0.6) is 0 Å². The van der Waals surface area contributed by atoms with E-state index in [0.717, 1.165) is 36.8 Å². The molecule has 0 N–H and O–H groups in total. The Morgan fingerprint density at radius 1 is 0.800 bits per heavy atom. The van der Waals surface area contributed by atoms with Gasteiger partial charge in [-0.05, 0) is 54.9 Å². The first-order valence-corrected chi connectivity index (χ1v) is 6.97. The second kappa shape index (κ2) is 5.08. The lowest BCUT2D eigenvalue weighted by Crippen LogP contribution is -2.02. The molecule has 4 bridgehead atoms. The van der Waals surface area contributed by atoms with Crippen LogP contribution in [0, 0.1) is 17.0 Å². The SMILES string of the molecule is Cc1cc2cc(c1)CCc1cc(cc([N+](=O)[O-])c1)CC2. The Bertz CT molecular complexity index is 632. The summed E-state index contributed by atoms with van der Waals surface area (Å²) < 4.78 is 0. The molecule has 1 aliphatic carbocycles. The number of nitro groups is 1. The van der Waals surface area contributed by atoms with E-state index in [1.54, 1.807) is 12.1 Å². The summed E-state index contributed by atoms with van der Waals surface area (Å²) in [6.45, 7) is 2.13. The largest absolute Gasteiger partial charge is 0.269 e. The molecule has 0 aliphatic heterocycles. The van der Waals surface area contributed by atoms with Gasteiger partial charge in [0, 0.05) is 12.1 Å². The number of fused-ring (bicyclic) bond motifs is 4. The van der Waals surface area contributed by atoms with E-state index < -0.39 is 0 Å². The van der Waals surface area contributed by atoms with Crippen LogP contribution >= 0.6 is 0 Å². The summed E-state index contributed by atoms with van der Waals surface area (Å²) >= 11 is 0. The van der Waals surface area contributed by atoms with Crippen molar-refractivity contribution in [2.24, 2.45) is 0 Å². The maximum absolute atomic E-state index is 11.0. The van der Waals surface area contributed by atoms with Crippen LogP contribution in [0.3, 0.4) is 0 Å². The zero-order valence-electron chi connectivity index (χ0n) is 11.6. The minimum atomic E-state index is -0.290. The molecule has 20 heavy (non-hydrogen) atoms. The molecule has 0 aromatic heterocycles. The third-order valence-corrected chi connectivity index (χ3v) is 3.85. The number of rotatable bonds is 1. The number of hydrogen-bond donors (Lipinski definition) is 0. The van der Waals surface area contributed by atoms with Gasteiger partial charge in [-0.1, -0.05) is 29.8 Å². The predicted octanol–water partition coefficient (Wildman–Crippen LogP) is 3.79. The van der Waals surface area contributed by atoms with Crippen LogP contribution in [-0.4, -0.2) is 4.92 Å². The smallest absolute Gasteiger partial charge is 0.258 e. The topological polar surface area (TPSA) is 43.1 Å². The molecule has 0 heterocycles. The molecule has 0 amide bonds. The molecule has 0 spiro atoms. The lowest BCUT2D eigenvalue weighted by Gasteiger charge is -2.12. The van der Waals surface area contributed by atoms with Crippen molar-refractivity contribution >= 4 is 5.69 Å². The number of nitro benzene ring substituents is 1. The van der Waals surface area contributed by atoms with Gasteiger partial charge in [0.1, 0.15) is 0 Å². The van der Waals surface area contributed by atoms with Gasteiger partial charge in [0.2, 0.25) is 0 Å². The molecule has 102 valence electrons. The van der Waals surface area contributed by atoms with Crippen LogP contribution in [0.2, 0.25) is 0 Å². The molecule has 0 radical (unpaired) electrons. The van der Waals surface area contributed by atoms with Gasteiger partial charge >= 0.3 is 0 Å². The summed E-state index contributed by atoms with van der Waals surface area (Å²) in [5.74, 6) is 0. The number of nitrogens with zero attached hydrogens (tertiary/aromatic N) is 1. The summed E-state index contributed by atoms with van der Waals surface area (Å²) in [5, 5.41) is 11.0. The van der Waals surface area contributed by atoms with Crippen molar-refractivity contribution in [3.05, 3.63) is 74.3 Å². The monoisotopic (exact) mass is 267 g/mol. The summed E-state index contributed by atoms with van der Waals surface area (Å²) in [4.78, 5) is 10.7. The van der Waals surface area contributed by atoms with Crippen molar-refractivity contribution in [1.29, 1.82) is 0 Å². The van der Waals surface area contributed by atoms with E-state index in [2.05, 4.69) is 31.2 Å². The van der Waals surface area contributed by atoms with Gasteiger partial charge in [0.05, 0.1) is 4.92 Å². The first-order chi connectivity index (χ1) is 9.60. The van der Waals surface area contributed by atoms with Gasteiger partial charge < -0.3 is 0 Å². The Morgan fingerprint density at radius 2 is 1.20 bits per heavy atom. The summed E-state index contributed by atoms with van der Waals surface area (Å²) in [6.07, 6.45) is 3.60. The highest BCUT2D eigenvalue weighted by Crippen LogP contribution is 2.23. The molecule has 0 saturated carbocycles. The van der Waals surface area contributed by atoms with Crippen molar-refractivity contribution < 1.29 is 4.92 Å². The van der Waals surface area contributed by atoms with Crippen molar-refractivity contribution in [2.45, 2.75) is 32.6 Å². The van der Waals surface area contributed by atoms with Crippen LogP contribution in [0.4, 0.5) is 5.69 Å². The molecule has 0 unspecified atom stereocenters. The van der Waals surface area contributed by atoms with Crippen molar-refractivity contribution in [3.63, 3.8) is 0 Å². The Hall–Kier alpha value is -2.16. The predicted molar refractivity (Wildman–Crippen MR) is 79.1 cm³/mol. The molecular formula is C17H17NO2. The molecule has 3 nitrogen and oxygen atoms in total. The maximum Gasteiger partial charge on any atom is 0.269 e. The Balaban J connectivity index is 2.00. The van der Waals surface area contributed by atoms with E-state index in [9.17, 15) is 10.1 Å². The van der Waals surface area contributed by atoms with E-state index in [-0.39, 0.29) is 10.6 Å². The Kier molecular flexibility index (Phi) is 3.26. The van der Waals surface area contributed by atoms with E-state index in [4.69, 9.17) is 0 Å². The molecule has 0 saturated heterocycles. The maximum atomic E-state index is 11.0. The summed E-state index contributed by atoms with van der Waals surface area (Å²) in [6, 6.07) is 12.2. The third-order valence-electron chi connectivity index (χ3n) is 3.85. The van der Waals surface area contributed by atoms with E-state index in [0.29, 0.717) is 0 Å². The molecule has 2 aromatic rings. The number of non-ortho nitro benzene ring substituents is 1. The Morgan fingerprint density at radius 3 is 1.60 bits per heavy atom. The van der Waals surface area contributed by atoms with Gasteiger partial charge in [-0.2, -0.15) is 0 Å². The fraction of sp³-hybridized carbons (Fsp3) is 0.294. The highest BCUT2D eigenvalue weighted by atomic mass is 16.6. The molecule has 1 aliphatic rings. The number of benzene rings is 2. The lowest BCUT2D eigenvalue weighted by molar-refractivity contribution is -0.385. The zero-order chi connectivity index (χ0) is 14.1. The first-order valence-electron chi connectivity index (χ1n) is 6.97. The molecule has 2 aromatic carbocycles. The van der Waals surface area contributed by atoms with Crippen LogP contribution in [0.1, 0.15) is 27.8 Å². The first kappa shape index (κ1) is 12.9. The van der Waals surface area contributed by atoms with Crippen LogP contribution in [0.25, 0.3) is 0 Å². The fourth-order valence-corrected chi connectivity index (χ4v) is 2.95. The molecule has 0 atom stereocenters. The minimum Gasteiger partial charge on any atom is -0.258 e. The normalized spacial score (nSPS) is 13.8. The van der Waals surface area contributed by atoms with E-state index >= 15 is 0 Å². The van der Waals surface area contributed by atoms with E-state index in [1.807, 2.05) is 0 Å².